The van der Waals surface area contributed by atoms with Gasteiger partial charge in [-0.2, -0.15) is 0 Å². The van der Waals surface area contributed by atoms with E-state index >= 15 is 0 Å². The van der Waals surface area contributed by atoms with Gasteiger partial charge < -0.3 is 18.9 Å². The van der Waals surface area contributed by atoms with Crippen LogP contribution in [0.4, 0.5) is 0 Å². The lowest BCUT2D eigenvalue weighted by Crippen LogP contribution is -2.39. The second-order valence-corrected chi connectivity index (χ2v) is 4.81. The maximum Gasteiger partial charge on any atom is 0.306 e. The van der Waals surface area contributed by atoms with Crippen LogP contribution in [-0.2, 0) is 23.7 Å². The lowest BCUT2D eigenvalue weighted by molar-refractivity contribution is -0.143. The summed E-state index contributed by atoms with van der Waals surface area (Å²) >= 11 is 0. The third kappa shape index (κ3) is 1.19. The molecule has 2 aliphatic heterocycles. The van der Waals surface area contributed by atoms with Gasteiger partial charge >= 0.3 is 5.97 Å². The number of hydrogen-bond donors (Lipinski definition) is 0. The van der Waals surface area contributed by atoms with E-state index in [1.54, 1.807) is 14.2 Å². The summed E-state index contributed by atoms with van der Waals surface area (Å²) in [6.07, 6.45) is 0.900. The molecule has 0 N–H and O–H groups in total. The molecule has 5 nitrogen and oxygen atoms in total. The summed E-state index contributed by atoms with van der Waals surface area (Å²) in [7, 11) is 3.32. The molecule has 0 aromatic rings. The molecule has 3 aliphatic rings. The van der Waals surface area contributed by atoms with E-state index < -0.39 is 0 Å². The summed E-state index contributed by atoms with van der Waals surface area (Å²) in [4.78, 5) is 11.3. The normalized spacial score (nSPS) is 50.2. The van der Waals surface area contributed by atoms with Crippen molar-refractivity contribution in [2.45, 2.75) is 30.8 Å². The standard InChI is InChI=1S/C11H16O5/c1-13-10-9-6-3-8(12)16-7(6)4-11(9,14-2)5-15-10/h6-7,9-10H,3-5H2,1-2H3/t6-,7-,9+,10?,11+/m0/s1. The van der Waals surface area contributed by atoms with Crippen molar-refractivity contribution in [1.82, 2.24) is 0 Å². The number of rotatable bonds is 2. The van der Waals surface area contributed by atoms with Crippen molar-refractivity contribution in [3.8, 4) is 0 Å². The summed E-state index contributed by atoms with van der Waals surface area (Å²) in [5.74, 6) is 0.181. The van der Waals surface area contributed by atoms with Crippen molar-refractivity contribution in [3.05, 3.63) is 0 Å². The fourth-order valence-corrected chi connectivity index (χ4v) is 3.47. The smallest absolute Gasteiger partial charge is 0.306 e. The molecular formula is C11H16O5. The molecule has 90 valence electrons. The molecule has 2 saturated heterocycles. The van der Waals surface area contributed by atoms with Gasteiger partial charge in [-0.15, -0.1) is 0 Å². The summed E-state index contributed by atoms with van der Waals surface area (Å²) < 4.78 is 21.9. The molecule has 16 heavy (non-hydrogen) atoms. The second kappa shape index (κ2) is 3.42. The van der Waals surface area contributed by atoms with E-state index in [4.69, 9.17) is 18.9 Å². The molecule has 0 spiro atoms. The molecule has 1 unspecified atom stereocenters. The van der Waals surface area contributed by atoms with Gasteiger partial charge in [0.15, 0.2) is 6.29 Å². The number of fused-ring (bicyclic) bond motifs is 3. The van der Waals surface area contributed by atoms with Gasteiger partial charge in [-0.1, -0.05) is 0 Å². The molecule has 0 bridgehead atoms. The van der Waals surface area contributed by atoms with Crippen molar-refractivity contribution in [2.24, 2.45) is 11.8 Å². The Morgan fingerprint density at radius 1 is 1.44 bits per heavy atom. The molecule has 5 heteroatoms. The van der Waals surface area contributed by atoms with Crippen LogP contribution in [-0.4, -0.2) is 44.8 Å². The van der Waals surface area contributed by atoms with E-state index in [0.717, 1.165) is 6.42 Å². The van der Waals surface area contributed by atoms with E-state index in [2.05, 4.69) is 0 Å². The minimum atomic E-state index is -0.323. The van der Waals surface area contributed by atoms with Crippen LogP contribution >= 0.6 is 0 Å². The molecule has 0 aromatic heterocycles. The maximum atomic E-state index is 11.3. The highest BCUT2D eigenvalue weighted by Gasteiger charge is 2.65. The first-order chi connectivity index (χ1) is 7.70. The molecule has 2 heterocycles. The number of carbonyl (C=O) groups is 1. The minimum Gasteiger partial charge on any atom is -0.462 e. The molecule has 3 fully saturated rings. The van der Waals surface area contributed by atoms with E-state index in [0.29, 0.717) is 13.0 Å². The van der Waals surface area contributed by atoms with Gasteiger partial charge in [0.1, 0.15) is 11.7 Å². The van der Waals surface area contributed by atoms with Crippen molar-refractivity contribution in [2.75, 3.05) is 20.8 Å². The Labute approximate surface area is 94.0 Å². The van der Waals surface area contributed by atoms with Crippen LogP contribution < -0.4 is 0 Å². The Kier molecular flexibility index (Phi) is 2.24. The van der Waals surface area contributed by atoms with Crippen LogP contribution in [0.15, 0.2) is 0 Å². The number of hydrogen-bond acceptors (Lipinski definition) is 5. The first kappa shape index (κ1) is 10.5. The van der Waals surface area contributed by atoms with Crippen molar-refractivity contribution in [1.29, 1.82) is 0 Å². The first-order valence-corrected chi connectivity index (χ1v) is 5.59. The molecule has 0 amide bonds. The largest absolute Gasteiger partial charge is 0.462 e. The molecule has 1 saturated carbocycles. The average Bonchev–Trinajstić information content (AvgIpc) is 2.85. The summed E-state index contributed by atoms with van der Waals surface area (Å²) in [5, 5.41) is 0. The number of ether oxygens (including phenoxy) is 4. The average molecular weight is 228 g/mol. The van der Waals surface area contributed by atoms with Crippen LogP contribution in [0.1, 0.15) is 12.8 Å². The predicted octanol–water partition coefficient (Wildman–Crippen LogP) is 0.326. The second-order valence-electron chi connectivity index (χ2n) is 4.81. The monoisotopic (exact) mass is 228 g/mol. The number of carbonyl (C=O) groups excluding carboxylic acids is 1. The SMILES string of the molecule is COC1OC[C@]2(OC)C[C@@H]3OC(=O)C[C@@H]3[C@H]12. The van der Waals surface area contributed by atoms with Crippen LogP contribution in [0.2, 0.25) is 0 Å². The van der Waals surface area contributed by atoms with E-state index in [1.807, 2.05) is 0 Å². The zero-order chi connectivity index (χ0) is 11.3. The van der Waals surface area contributed by atoms with Crippen molar-refractivity contribution >= 4 is 5.97 Å². The van der Waals surface area contributed by atoms with Crippen LogP contribution in [0, 0.1) is 11.8 Å². The van der Waals surface area contributed by atoms with Gasteiger partial charge in [0, 0.05) is 32.5 Å². The summed E-state index contributed by atoms with van der Waals surface area (Å²) in [5.41, 5.74) is -0.323. The van der Waals surface area contributed by atoms with Crippen LogP contribution in [0.5, 0.6) is 0 Å². The predicted molar refractivity (Wildman–Crippen MR) is 52.6 cm³/mol. The zero-order valence-electron chi connectivity index (χ0n) is 9.47. The summed E-state index contributed by atoms with van der Waals surface area (Å²) in [6, 6.07) is 0. The molecule has 3 rings (SSSR count). The third-order valence-corrected chi connectivity index (χ3v) is 4.20. The van der Waals surface area contributed by atoms with Gasteiger partial charge in [-0.3, -0.25) is 4.79 Å². The minimum absolute atomic E-state index is 0.0148. The van der Waals surface area contributed by atoms with Gasteiger partial charge in [-0.25, -0.2) is 0 Å². The Morgan fingerprint density at radius 2 is 2.25 bits per heavy atom. The van der Waals surface area contributed by atoms with Gasteiger partial charge in [0.2, 0.25) is 0 Å². The topological polar surface area (TPSA) is 54.0 Å². The fraction of sp³-hybridized carbons (Fsp3) is 0.909. The molecular weight excluding hydrogens is 212 g/mol. The van der Waals surface area contributed by atoms with Crippen molar-refractivity contribution < 1.29 is 23.7 Å². The Morgan fingerprint density at radius 3 is 2.94 bits per heavy atom. The zero-order valence-corrected chi connectivity index (χ0v) is 9.47. The lowest BCUT2D eigenvalue weighted by Gasteiger charge is -2.28. The maximum absolute atomic E-state index is 11.3. The van der Waals surface area contributed by atoms with E-state index in [9.17, 15) is 4.79 Å². The van der Waals surface area contributed by atoms with Crippen LogP contribution in [0.3, 0.4) is 0 Å². The Hall–Kier alpha value is -0.650. The highest BCUT2D eigenvalue weighted by molar-refractivity contribution is 5.72. The van der Waals surface area contributed by atoms with Gasteiger partial charge in [0.25, 0.3) is 0 Å². The molecule has 5 atom stereocenters. The Balaban J connectivity index is 1.91. The molecule has 0 radical (unpaired) electrons. The first-order valence-electron chi connectivity index (χ1n) is 5.59. The van der Waals surface area contributed by atoms with Gasteiger partial charge in [-0.05, 0) is 0 Å². The van der Waals surface area contributed by atoms with Crippen LogP contribution in [0.25, 0.3) is 0 Å². The molecule has 1 aliphatic carbocycles. The number of methoxy groups -OCH3 is 2. The molecule has 0 aromatic carbocycles. The third-order valence-electron chi connectivity index (χ3n) is 4.20. The highest BCUT2D eigenvalue weighted by Crippen LogP contribution is 2.54. The summed E-state index contributed by atoms with van der Waals surface area (Å²) in [6.45, 7) is 0.525. The fourth-order valence-electron chi connectivity index (χ4n) is 3.47. The highest BCUT2D eigenvalue weighted by atomic mass is 16.7. The number of esters is 1. The van der Waals surface area contributed by atoms with E-state index in [1.165, 1.54) is 0 Å². The Bertz CT molecular complexity index is 317. The van der Waals surface area contributed by atoms with Gasteiger partial charge in [0.05, 0.1) is 13.0 Å². The van der Waals surface area contributed by atoms with Crippen molar-refractivity contribution in [3.63, 3.8) is 0 Å². The quantitative estimate of drug-likeness (QED) is 0.637. The lowest BCUT2D eigenvalue weighted by atomic mass is 9.86. The van der Waals surface area contributed by atoms with E-state index in [-0.39, 0.29) is 35.8 Å².